The zero-order chi connectivity index (χ0) is 20.5. The number of fused-ring (bicyclic) bond motifs is 2. The Kier molecular flexibility index (Phi) is 3.94. The summed E-state index contributed by atoms with van der Waals surface area (Å²) in [7, 11) is 0. The van der Waals surface area contributed by atoms with Crippen LogP contribution in [0.2, 0.25) is 0 Å². The van der Waals surface area contributed by atoms with Gasteiger partial charge in [-0.2, -0.15) is 0 Å². The van der Waals surface area contributed by atoms with Crippen LogP contribution in [-0.4, -0.2) is 33.4 Å². The molecular formula is C23H26N4O3. The molecule has 1 N–H and O–H groups in total. The standard InChI is InChI=1S/C23H26N4O3/c28-21-17-4-1-2-5-18(17)22(29)20-19(21)25-27(30)26(20)7-3-6-24-23-11-14-8-15(12-23)10-16(9-14)13-23/h1-2,4-5,14-16,24H,3,6-13H2. The van der Waals surface area contributed by atoms with Crippen molar-refractivity contribution >= 4 is 11.6 Å². The molecule has 7 rings (SSSR count). The SMILES string of the molecule is O=C1c2ccccc2C(=O)c2c1n[n+]([O-])n2CCCNC12CC3CC(CC(C3)C1)C2. The number of rotatable bonds is 5. The molecule has 5 aliphatic carbocycles. The molecule has 0 unspecified atom stereocenters. The van der Waals surface area contributed by atoms with Crippen molar-refractivity contribution in [2.24, 2.45) is 17.8 Å². The number of hydrogen-bond donors (Lipinski definition) is 1. The summed E-state index contributed by atoms with van der Waals surface area (Å²) in [5, 5.41) is 20.1. The molecule has 1 aromatic carbocycles. The maximum Gasteiger partial charge on any atom is 0.220 e. The highest BCUT2D eigenvalue weighted by Gasteiger charge is 2.50. The minimum Gasteiger partial charge on any atom is -0.571 e. The van der Waals surface area contributed by atoms with Crippen molar-refractivity contribution in [3.63, 3.8) is 0 Å². The summed E-state index contributed by atoms with van der Waals surface area (Å²) in [5.74, 6) is 2.01. The lowest BCUT2D eigenvalue weighted by atomic mass is 9.53. The largest absolute Gasteiger partial charge is 0.571 e. The van der Waals surface area contributed by atoms with E-state index in [0.717, 1.165) is 30.7 Å². The Balaban J connectivity index is 1.17. The zero-order valence-electron chi connectivity index (χ0n) is 17.0. The number of hydrogen-bond acceptors (Lipinski definition) is 5. The van der Waals surface area contributed by atoms with E-state index >= 15 is 0 Å². The normalized spacial score (nSPS) is 31.1. The highest BCUT2D eigenvalue weighted by molar-refractivity contribution is 6.26. The molecule has 0 aliphatic heterocycles. The van der Waals surface area contributed by atoms with Crippen molar-refractivity contribution < 1.29 is 14.5 Å². The predicted octanol–water partition coefficient (Wildman–Crippen LogP) is 2.24. The van der Waals surface area contributed by atoms with Crippen LogP contribution in [-0.2, 0) is 6.54 Å². The van der Waals surface area contributed by atoms with Crippen LogP contribution >= 0.6 is 0 Å². The van der Waals surface area contributed by atoms with Crippen LogP contribution in [0.4, 0.5) is 0 Å². The van der Waals surface area contributed by atoms with E-state index in [-0.39, 0.29) is 28.5 Å². The molecule has 0 amide bonds. The van der Waals surface area contributed by atoms with Gasteiger partial charge in [-0.15, -0.1) is 4.68 Å². The molecule has 0 saturated heterocycles. The van der Waals surface area contributed by atoms with Gasteiger partial charge in [0.15, 0.2) is 5.69 Å². The van der Waals surface area contributed by atoms with Crippen molar-refractivity contribution in [2.75, 3.05) is 6.54 Å². The van der Waals surface area contributed by atoms with Crippen LogP contribution in [0.3, 0.4) is 0 Å². The lowest BCUT2D eigenvalue weighted by Gasteiger charge is -2.57. The van der Waals surface area contributed by atoms with Gasteiger partial charge in [0.05, 0.1) is 6.54 Å². The van der Waals surface area contributed by atoms with E-state index in [1.807, 2.05) is 0 Å². The van der Waals surface area contributed by atoms with E-state index in [1.54, 1.807) is 24.3 Å². The second kappa shape index (κ2) is 6.48. The lowest BCUT2D eigenvalue weighted by molar-refractivity contribution is -0.749. The van der Waals surface area contributed by atoms with Crippen LogP contribution < -0.4 is 10.3 Å². The number of carbonyl (C=O) groups is 2. The first-order valence-corrected chi connectivity index (χ1v) is 11.2. The Hall–Kier alpha value is -2.54. The Labute approximate surface area is 175 Å². The molecule has 5 aliphatic rings. The summed E-state index contributed by atoms with van der Waals surface area (Å²) in [6.07, 6.45) is 8.80. The summed E-state index contributed by atoms with van der Waals surface area (Å²) in [5.41, 5.74) is 1.06. The van der Waals surface area contributed by atoms with Crippen LogP contribution in [0.5, 0.6) is 0 Å². The van der Waals surface area contributed by atoms with E-state index in [0.29, 0.717) is 22.6 Å². The van der Waals surface area contributed by atoms with Gasteiger partial charge >= 0.3 is 0 Å². The third kappa shape index (κ3) is 2.68. The molecule has 0 radical (unpaired) electrons. The number of ketones is 2. The highest BCUT2D eigenvalue weighted by atomic mass is 16.5. The van der Waals surface area contributed by atoms with Crippen molar-refractivity contribution in [1.82, 2.24) is 15.1 Å². The fraction of sp³-hybridized carbons (Fsp3) is 0.565. The Morgan fingerprint density at radius 3 is 2.27 bits per heavy atom. The molecule has 7 nitrogen and oxygen atoms in total. The number of benzene rings is 1. The van der Waals surface area contributed by atoms with Crippen molar-refractivity contribution in [3.8, 4) is 0 Å². The third-order valence-electron chi connectivity index (χ3n) is 7.81. The smallest absolute Gasteiger partial charge is 0.220 e. The zero-order valence-corrected chi connectivity index (χ0v) is 17.0. The van der Waals surface area contributed by atoms with Crippen molar-refractivity contribution in [1.29, 1.82) is 0 Å². The van der Waals surface area contributed by atoms with E-state index in [2.05, 4.69) is 10.4 Å². The van der Waals surface area contributed by atoms with E-state index in [1.165, 1.54) is 43.2 Å². The first-order chi connectivity index (χ1) is 14.5. The van der Waals surface area contributed by atoms with E-state index < -0.39 is 0 Å². The van der Waals surface area contributed by atoms with Gasteiger partial charge in [-0.25, -0.2) is 0 Å². The van der Waals surface area contributed by atoms with E-state index in [4.69, 9.17) is 0 Å². The van der Waals surface area contributed by atoms with Crippen molar-refractivity contribution in [3.05, 3.63) is 52.0 Å². The van der Waals surface area contributed by atoms with Gasteiger partial charge in [-0.1, -0.05) is 24.3 Å². The summed E-state index contributed by atoms with van der Waals surface area (Å²) in [6, 6.07) is 6.70. The Morgan fingerprint density at radius 1 is 1.03 bits per heavy atom. The second-order valence-corrected chi connectivity index (χ2v) is 9.86. The average Bonchev–Trinajstić information content (AvgIpc) is 3.05. The molecule has 30 heavy (non-hydrogen) atoms. The van der Waals surface area contributed by atoms with Gasteiger partial charge in [0, 0.05) is 26.7 Å². The van der Waals surface area contributed by atoms with Gasteiger partial charge in [0.2, 0.25) is 17.3 Å². The van der Waals surface area contributed by atoms with Gasteiger partial charge in [0.1, 0.15) is 0 Å². The quantitative estimate of drug-likeness (QED) is 0.399. The molecule has 2 aromatic rings. The predicted molar refractivity (Wildman–Crippen MR) is 108 cm³/mol. The summed E-state index contributed by atoms with van der Waals surface area (Å²) < 4.78 is 1.33. The first kappa shape index (κ1) is 18.2. The Morgan fingerprint density at radius 2 is 1.63 bits per heavy atom. The molecule has 4 bridgehead atoms. The number of nitrogens with one attached hydrogen (secondary N) is 1. The number of carbonyl (C=O) groups excluding carboxylic acids is 2. The summed E-state index contributed by atoms with van der Waals surface area (Å²) in [4.78, 5) is 26.1. The lowest BCUT2D eigenvalue weighted by Crippen LogP contribution is -2.58. The van der Waals surface area contributed by atoms with Crippen LogP contribution in [0.1, 0.15) is 77.0 Å². The molecule has 4 fully saturated rings. The molecule has 156 valence electrons. The molecule has 4 saturated carbocycles. The maximum atomic E-state index is 13.0. The minimum atomic E-state index is -0.352. The molecule has 7 heteroatoms. The second-order valence-electron chi connectivity index (χ2n) is 9.86. The minimum absolute atomic E-state index is 0.0252. The topological polar surface area (TPSA) is 90.9 Å². The highest BCUT2D eigenvalue weighted by Crippen LogP contribution is 2.55. The van der Waals surface area contributed by atoms with Gasteiger partial charge in [-0.3, -0.25) is 9.59 Å². The van der Waals surface area contributed by atoms with Gasteiger partial charge in [-0.05, 0) is 69.2 Å². The fourth-order valence-electron chi connectivity index (χ4n) is 7.01. The van der Waals surface area contributed by atoms with Crippen molar-refractivity contribution in [2.45, 2.75) is 57.0 Å². The third-order valence-corrected chi connectivity index (χ3v) is 7.81. The molecule has 0 atom stereocenters. The summed E-state index contributed by atoms with van der Waals surface area (Å²) in [6.45, 7) is 1.17. The fourth-order valence-corrected chi connectivity index (χ4v) is 7.01. The molecule has 1 aromatic heterocycles. The monoisotopic (exact) mass is 406 g/mol. The van der Waals surface area contributed by atoms with Gasteiger partial charge in [0.25, 0.3) is 0 Å². The van der Waals surface area contributed by atoms with Crippen LogP contribution in [0, 0.1) is 23.0 Å². The molecule has 0 spiro atoms. The van der Waals surface area contributed by atoms with Crippen LogP contribution in [0.25, 0.3) is 0 Å². The van der Waals surface area contributed by atoms with Crippen LogP contribution in [0.15, 0.2) is 24.3 Å². The number of nitrogens with zero attached hydrogens (tertiary/aromatic N) is 3. The average molecular weight is 406 g/mol. The number of aromatic nitrogens is 3. The molecule has 1 heterocycles. The summed E-state index contributed by atoms with van der Waals surface area (Å²) >= 11 is 0. The maximum absolute atomic E-state index is 13.0. The first-order valence-electron chi connectivity index (χ1n) is 11.2. The van der Waals surface area contributed by atoms with E-state index in [9.17, 15) is 14.8 Å². The van der Waals surface area contributed by atoms with Gasteiger partial charge < -0.3 is 10.5 Å². The molecular weight excluding hydrogens is 380 g/mol. The Bertz CT molecular complexity index is 1020.